The van der Waals surface area contributed by atoms with Crippen LogP contribution in [0, 0.1) is 17.3 Å². The number of hydrogen-bond acceptors (Lipinski definition) is 3. The molecule has 1 aliphatic heterocycles. The van der Waals surface area contributed by atoms with Crippen molar-refractivity contribution in [3.8, 4) is 17.6 Å². The summed E-state index contributed by atoms with van der Waals surface area (Å²) in [5.74, 6) is 4.11. The largest absolute Gasteiger partial charge is 0.486 e. The second-order valence-electron chi connectivity index (χ2n) is 5.86. The Morgan fingerprint density at radius 1 is 1.32 bits per heavy atom. The number of benzene rings is 1. The number of carbonyl (C=O) groups excluding carboxylic acids is 2. The number of ether oxygens (including phenoxy) is 1. The van der Waals surface area contributed by atoms with Gasteiger partial charge < -0.3 is 4.74 Å². The Kier molecular flexibility index (Phi) is 4.32. The number of imide groups is 1. The molecule has 1 N–H and O–H groups in total. The Balaban J connectivity index is 2.10. The third-order valence-corrected chi connectivity index (χ3v) is 2.77. The normalized spacial score (nSPS) is 14.1. The SMILES string of the molecule is CC(C)(C)C#CC=C(F)COc1cccc2c1C(=O)NC2=O. The molecule has 0 saturated carbocycles. The van der Waals surface area contributed by atoms with Gasteiger partial charge in [-0.15, -0.1) is 0 Å². The van der Waals surface area contributed by atoms with Crippen molar-refractivity contribution < 1.29 is 18.7 Å². The molecule has 0 saturated heterocycles. The summed E-state index contributed by atoms with van der Waals surface area (Å²) in [5, 5.41) is 2.17. The summed E-state index contributed by atoms with van der Waals surface area (Å²) < 4.78 is 18.9. The third-order valence-electron chi connectivity index (χ3n) is 2.77. The molecule has 0 atom stereocenters. The highest BCUT2D eigenvalue weighted by Gasteiger charge is 2.30. The molecule has 1 aromatic carbocycles. The molecule has 22 heavy (non-hydrogen) atoms. The van der Waals surface area contributed by atoms with Gasteiger partial charge in [-0.3, -0.25) is 14.9 Å². The number of allylic oxidation sites excluding steroid dienone is 1. The van der Waals surface area contributed by atoms with Crippen LogP contribution in [0.1, 0.15) is 41.5 Å². The highest BCUT2D eigenvalue weighted by molar-refractivity contribution is 6.22. The fourth-order valence-corrected chi connectivity index (χ4v) is 1.83. The van der Waals surface area contributed by atoms with Gasteiger partial charge in [0.05, 0.1) is 11.1 Å². The van der Waals surface area contributed by atoms with Crippen LogP contribution in [0.25, 0.3) is 0 Å². The number of rotatable bonds is 3. The fraction of sp³-hybridized carbons (Fsp3) is 0.294. The highest BCUT2D eigenvalue weighted by atomic mass is 19.1. The van der Waals surface area contributed by atoms with Crippen molar-refractivity contribution in [1.82, 2.24) is 5.32 Å². The monoisotopic (exact) mass is 301 g/mol. The molecule has 1 heterocycles. The zero-order valence-electron chi connectivity index (χ0n) is 12.6. The van der Waals surface area contributed by atoms with Gasteiger partial charge in [-0.05, 0) is 32.9 Å². The number of amides is 2. The Morgan fingerprint density at radius 3 is 2.73 bits per heavy atom. The van der Waals surface area contributed by atoms with Crippen LogP contribution >= 0.6 is 0 Å². The summed E-state index contributed by atoms with van der Waals surface area (Å²) in [4.78, 5) is 23.2. The lowest BCUT2D eigenvalue weighted by Gasteiger charge is -2.07. The maximum Gasteiger partial charge on any atom is 0.262 e. The van der Waals surface area contributed by atoms with Gasteiger partial charge in [0, 0.05) is 11.5 Å². The van der Waals surface area contributed by atoms with Crippen LogP contribution < -0.4 is 10.1 Å². The summed E-state index contributed by atoms with van der Waals surface area (Å²) >= 11 is 0. The first-order chi connectivity index (χ1) is 10.3. The predicted molar refractivity (Wildman–Crippen MR) is 80.2 cm³/mol. The molecule has 1 aromatic rings. The molecular weight excluding hydrogens is 285 g/mol. The summed E-state index contributed by atoms with van der Waals surface area (Å²) in [6, 6.07) is 4.61. The standard InChI is InChI=1S/C17H16FNO3/c1-17(2,3)9-5-6-11(18)10-22-13-8-4-7-12-14(13)16(21)19-15(12)20/h4,6-8H,10H2,1-3H3,(H,19,20,21). The van der Waals surface area contributed by atoms with E-state index < -0.39 is 17.6 Å². The zero-order chi connectivity index (χ0) is 16.3. The van der Waals surface area contributed by atoms with Crippen molar-refractivity contribution in [3.63, 3.8) is 0 Å². The van der Waals surface area contributed by atoms with Crippen molar-refractivity contribution in [2.75, 3.05) is 6.61 Å². The minimum Gasteiger partial charge on any atom is -0.486 e. The van der Waals surface area contributed by atoms with E-state index in [9.17, 15) is 14.0 Å². The highest BCUT2D eigenvalue weighted by Crippen LogP contribution is 2.26. The summed E-state index contributed by atoms with van der Waals surface area (Å²) in [7, 11) is 0. The van der Waals surface area contributed by atoms with Crippen LogP contribution in [0.4, 0.5) is 4.39 Å². The molecule has 0 radical (unpaired) electrons. The van der Waals surface area contributed by atoms with E-state index in [1.54, 1.807) is 6.07 Å². The van der Waals surface area contributed by atoms with E-state index in [1.807, 2.05) is 20.8 Å². The first kappa shape index (κ1) is 15.8. The molecule has 4 nitrogen and oxygen atoms in total. The molecule has 0 spiro atoms. The van der Waals surface area contributed by atoms with E-state index in [0.29, 0.717) is 0 Å². The van der Waals surface area contributed by atoms with Crippen LogP contribution in [0.15, 0.2) is 30.1 Å². The lowest BCUT2D eigenvalue weighted by Crippen LogP contribution is -2.20. The number of nitrogens with one attached hydrogen (secondary N) is 1. The zero-order valence-corrected chi connectivity index (χ0v) is 12.6. The second-order valence-corrected chi connectivity index (χ2v) is 5.86. The van der Waals surface area contributed by atoms with Crippen LogP contribution in [0.2, 0.25) is 0 Å². The summed E-state index contributed by atoms with van der Waals surface area (Å²) in [6.45, 7) is 5.41. The van der Waals surface area contributed by atoms with Gasteiger partial charge in [-0.2, -0.15) is 0 Å². The predicted octanol–water partition coefficient (Wildman–Crippen LogP) is 2.85. The van der Waals surface area contributed by atoms with Crippen molar-refractivity contribution >= 4 is 11.8 Å². The van der Waals surface area contributed by atoms with E-state index in [-0.39, 0.29) is 28.9 Å². The Labute approximate surface area is 128 Å². The molecule has 0 unspecified atom stereocenters. The molecular formula is C17H16FNO3. The van der Waals surface area contributed by atoms with E-state index in [1.165, 1.54) is 12.1 Å². The first-order valence-electron chi connectivity index (χ1n) is 6.76. The topological polar surface area (TPSA) is 55.4 Å². The van der Waals surface area contributed by atoms with Gasteiger partial charge >= 0.3 is 0 Å². The molecule has 0 aromatic heterocycles. The maximum absolute atomic E-state index is 13.7. The number of carbonyl (C=O) groups is 2. The van der Waals surface area contributed by atoms with Gasteiger partial charge in [0.15, 0.2) is 0 Å². The lowest BCUT2D eigenvalue weighted by molar-refractivity contribution is 0.0878. The summed E-state index contributed by atoms with van der Waals surface area (Å²) in [5.41, 5.74) is 0.163. The summed E-state index contributed by atoms with van der Waals surface area (Å²) in [6.07, 6.45) is 1.14. The van der Waals surface area contributed by atoms with Gasteiger partial charge in [-0.25, -0.2) is 4.39 Å². The smallest absolute Gasteiger partial charge is 0.262 e. The molecule has 2 rings (SSSR count). The Bertz CT molecular complexity index is 718. The van der Waals surface area contributed by atoms with Crippen molar-refractivity contribution in [3.05, 3.63) is 41.2 Å². The molecule has 5 heteroatoms. The number of fused-ring (bicyclic) bond motifs is 1. The van der Waals surface area contributed by atoms with Gasteiger partial charge in [0.1, 0.15) is 18.2 Å². The van der Waals surface area contributed by atoms with Crippen LogP contribution in [-0.2, 0) is 0 Å². The van der Waals surface area contributed by atoms with Gasteiger partial charge in [0.2, 0.25) is 0 Å². The van der Waals surface area contributed by atoms with Crippen LogP contribution in [0.5, 0.6) is 5.75 Å². The third kappa shape index (κ3) is 3.73. The van der Waals surface area contributed by atoms with E-state index in [2.05, 4.69) is 17.2 Å². The van der Waals surface area contributed by atoms with E-state index in [4.69, 9.17) is 4.74 Å². The Hall–Kier alpha value is -2.61. The molecule has 0 aliphatic carbocycles. The maximum atomic E-state index is 13.7. The van der Waals surface area contributed by atoms with Gasteiger partial charge in [-0.1, -0.05) is 17.9 Å². The molecule has 1 aliphatic rings. The average molecular weight is 301 g/mol. The molecule has 114 valence electrons. The average Bonchev–Trinajstić information content (AvgIpc) is 2.71. The van der Waals surface area contributed by atoms with Gasteiger partial charge in [0.25, 0.3) is 11.8 Å². The van der Waals surface area contributed by atoms with Crippen LogP contribution in [0.3, 0.4) is 0 Å². The number of hydrogen-bond donors (Lipinski definition) is 1. The number of halogens is 1. The van der Waals surface area contributed by atoms with Crippen molar-refractivity contribution in [1.29, 1.82) is 0 Å². The fourth-order valence-electron chi connectivity index (χ4n) is 1.83. The van der Waals surface area contributed by atoms with E-state index >= 15 is 0 Å². The quantitative estimate of drug-likeness (QED) is 0.690. The second kappa shape index (κ2) is 6.02. The van der Waals surface area contributed by atoms with Crippen molar-refractivity contribution in [2.45, 2.75) is 20.8 Å². The Morgan fingerprint density at radius 2 is 2.05 bits per heavy atom. The molecule has 0 fully saturated rings. The molecule has 2 amide bonds. The minimum absolute atomic E-state index is 0.140. The van der Waals surface area contributed by atoms with E-state index in [0.717, 1.165) is 6.08 Å². The molecule has 0 bridgehead atoms. The lowest BCUT2D eigenvalue weighted by atomic mass is 9.98. The minimum atomic E-state index is -0.556. The van der Waals surface area contributed by atoms with Crippen LogP contribution in [-0.4, -0.2) is 18.4 Å². The van der Waals surface area contributed by atoms with Crippen molar-refractivity contribution in [2.24, 2.45) is 5.41 Å². The first-order valence-corrected chi connectivity index (χ1v) is 6.76.